The molecule has 2 aromatic carbocycles. The van der Waals surface area contributed by atoms with Crippen molar-refractivity contribution in [3.8, 4) is 0 Å². The van der Waals surface area contributed by atoms with Crippen molar-refractivity contribution in [2.24, 2.45) is 7.05 Å². The molecule has 0 atom stereocenters. The molecule has 138 valence electrons. The molecule has 0 spiro atoms. The number of benzene rings is 2. The lowest BCUT2D eigenvalue weighted by atomic mass is 9.97. The standard InChI is InChI=1S/C21H23N5O/c1-13-18-17(25-26(13)4)10-9-16-19(18)23-12-24-20(16)22-11-14-5-7-15(8-6-14)21(2,3)27/h5-10,12,27H,11H2,1-4H3,(H,22,23,24)/i11D2. The molecule has 4 aromatic rings. The van der Waals surface area contributed by atoms with Crippen molar-refractivity contribution >= 4 is 27.6 Å². The lowest BCUT2D eigenvalue weighted by molar-refractivity contribution is 0.0786. The van der Waals surface area contributed by atoms with Crippen molar-refractivity contribution in [3.63, 3.8) is 0 Å². The number of aromatic nitrogens is 4. The summed E-state index contributed by atoms with van der Waals surface area (Å²) < 4.78 is 18.9. The number of nitrogens with zero attached hydrogens (tertiary/aromatic N) is 4. The second-order valence-corrected chi connectivity index (χ2v) is 7.17. The summed E-state index contributed by atoms with van der Waals surface area (Å²) in [6.45, 7) is 3.51. The van der Waals surface area contributed by atoms with Crippen LogP contribution in [0.3, 0.4) is 0 Å². The first-order valence-corrected chi connectivity index (χ1v) is 8.76. The van der Waals surface area contributed by atoms with Crippen molar-refractivity contribution in [1.29, 1.82) is 0 Å². The van der Waals surface area contributed by atoms with Crippen LogP contribution < -0.4 is 5.32 Å². The van der Waals surface area contributed by atoms with Gasteiger partial charge in [-0.25, -0.2) is 9.97 Å². The maximum Gasteiger partial charge on any atom is 0.137 e. The van der Waals surface area contributed by atoms with E-state index in [-0.39, 0.29) is 0 Å². The third kappa shape index (κ3) is 3.13. The minimum atomic E-state index is -1.86. The van der Waals surface area contributed by atoms with Gasteiger partial charge in [0.05, 0.1) is 19.4 Å². The minimum Gasteiger partial charge on any atom is -0.386 e. The Labute approximate surface area is 160 Å². The van der Waals surface area contributed by atoms with Gasteiger partial charge in [0.2, 0.25) is 0 Å². The summed E-state index contributed by atoms with van der Waals surface area (Å²) >= 11 is 0. The lowest BCUT2D eigenvalue weighted by Gasteiger charge is -2.18. The summed E-state index contributed by atoms with van der Waals surface area (Å²) in [5.74, 6) is 0.414. The predicted octanol–water partition coefficient (Wildman–Crippen LogP) is 3.66. The number of fused-ring (bicyclic) bond motifs is 3. The van der Waals surface area contributed by atoms with E-state index in [9.17, 15) is 5.11 Å². The van der Waals surface area contributed by atoms with Gasteiger partial charge in [-0.3, -0.25) is 4.68 Å². The Morgan fingerprint density at radius 3 is 2.59 bits per heavy atom. The Morgan fingerprint density at radius 2 is 1.89 bits per heavy atom. The molecule has 27 heavy (non-hydrogen) atoms. The fourth-order valence-corrected chi connectivity index (χ4v) is 3.15. The van der Waals surface area contributed by atoms with Crippen molar-refractivity contribution < 1.29 is 7.85 Å². The Hall–Kier alpha value is -2.99. The topological polar surface area (TPSA) is 75.9 Å². The zero-order chi connectivity index (χ0) is 21.0. The highest BCUT2D eigenvalue weighted by Crippen LogP contribution is 2.29. The maximum atomic E-state index is 10.1. The van der Waals surface area contributed by atoms with E-state index in [0.29, 0.717) is 11.4 Å². The lowest BCUT2D eigenvalue weighted by Crippen LogP contribution is -2.15. The Balaban J connectivity index is 1.76. The van der Waals surface area contributed by atoms with Gasteiger partial charge in [-0.1, -0.05) is 24.3 Å². The van der Waals surface area contributed by atoms with Gasteiger partial charge >= 0.3 is 0 Å². The van der Waals surface area contributed by atoms with Gasteiger partial charge in [-0.2, -0.15) is 5.10 Å². The SMILES string of the molecule is [2H]C([2H])(Nc1ncnc2c1ccc1nn(C)c(C)c12)c1ccc(C(C)(C)O)cc1. The summed E-state index contributed by atoms with van der Waals surface area (Å²) in [5, 5.41) is 19.2. The largest absolute Gasteiger partial charge is 0.386 e. The van der Waals surface area contributed by atoms with Crippen molar-refractivity contribution in [2.45, 2.75) is 32.9 Å². The molecular weight excluding hydrogens is 338 g/mol. The Bertz CT molecular complexity index is 1210. The molecule has 0 unspecified atom stereocenters. The van der Waals surface area contributed by atoms with Gasteiger partial charge in [0, 0.05) is 30.0 Å². The zero-order valence-corrected chi connectivity index (χ0v) is 15.8. The Kier molecular flexibility index (Phi) is 3.53. The highest BCUT2D eigenvalue weighted by molar-refractivity contribution is 6.08. The van der Waals surface area contributed by atoms with Crippen LogP contribution in [0.25, 0.3) is 21.8 Å². The highest BCUT2D eigenvalue weighted by Gasteiger charge is 2.15. The van der Waals surface area contributed by atoms with E-state index in [0.717, 1.165) is 33.1 Å². The molecular formula is C21H23N5O. The Morgan fingerprint density at radius 1 is 1.15 bits per heavy atom. The molecule has 2 aromatic heterocycles. The van der Waals surface area contributed by atoms with E-state index >= 15 is 0 Å². The number of rotatable bonds is 4. The number of aliphatic hydroxyl groups is 1. The molecule has 0 radical (unpaired) electrons. The number of hydrogen-bond acceptors (Lipinski definition) is 5. The fourth-order valence-electron chi connectivity index (χ4n) is 3.15. The van der Waals surface area contributed by atoms with Crippen molar-refractivity contribution in [3.05, 3.63) is 59.5 Å². The van der Waals surface area contributed by atoms with E-state index in [4.69, 9.17) is 2.74 Å². The molecule has 0 bridgehead atoms. The van der Waals surface area contributed by atoms with Crippen molar-refractivity contribution in [2.75, 3.05) is 5.32 Å². The average molecular weight is 363 g/mol. The quantitative estimate of drug-likeness (QED) is 0.579. The first-order chi connectivity index (χ1) is 13.6. The van der Waals surface area contributed by atoms with Crippen molar-refractivity contribution in [1.82, 2.24) is 19.7 Å². The molecule has 0 aliphatic heterocycles. The summed E-state index contributed by atoms with van der Waals surface area (Å²) in [4.78, 5) is 8.72. The number of hydrogen-bond donors (Lipinski definition) is 2. The molecule has 2 N–H and O–H groups in total. The van der Waals surface area contributed by atoms with E-state index in [1.807, 2.05) is 30.8 Å². The van der Waals surface area contributed by atoms with Gasteiger partial charge in [0.1, 0.15) is 12.1 Å². The van der Waals surface area contributed by atoms with E-state index in [2.05, 4.69) is 20.4 Å². The van der Waals surface area contributed by atoms with Gasteiger partial charge in [0.25, 0.3) is 0 Å². The third-order valence-corrected chi connectivity index (χ3v) is 4.81. The molecule has 0 fully saturated rings. The summed E-state index contributed by atoms with van der Waals surface area (Å²) in [5.41, 5.74) is 2.75. The van der Waals surface area contributed by atoms with Gasteiger partial charge < -0.3 is 10.4 Å². The molecule has 4 rings (SSSR count). The van der Waals surface area contributed by atoms with E-state index in [1.165, 1.54) is 6.33 Å². The zero-order valence-electron chi connectivity index (χ0n) is 17.8. The van der Waals surface area contributed by atoms with Crippen LogP contribution in [-0.4, -0.2) is 24.9 Å². The maximum absolute atomic E-state index is 10.1. The fraction of sp³-hybridized carbons (Fsp3) is 0.286. The van der Waals surface area contributed by atoms with Gasteiger partial charge in [0.15, 0.2) is 0 Å². The molecule has 0 aliphatic carbocycles. The van der Waals surface area contributed by atoms with Crippen LogP contribution >= 0.6 is 0 Å². The molecule has 0 saturated heterocycles. The summed E-state index contributed by atoms with van der Waals surface area (Å²) in [7, 11) is 1.89. The second kappa shape index (κ2) is 6.32. The number of anilines is 1. The number of nitrogens with one attached hydrogen (secondary N) is 1. The molecule has 2 heterocycles. The average Bonchev–Trinajstić information content (AvgIpc) is 2.95. The summed E-state index contributed by atoms with van der Waals surface area (Å²) in [6, 6.07) is 10.6. The minimum absolute atomic E-state index is 0.414. The van der Waals surface area contributed by atoms with Gasteiger partial charge in [-0.05, 0) is 44.0 Å². The van der Waals surface area contributed by atoms with Gasteiger partial charge in [-0.15, -0.1) is 0 Å². The smallest absolute Gasteiger partial charge is 0.137 e. The van der Waals surface area contributed by atoms with Crippen LogP contribution in [0, 0.1) is 6.92 Å². The van der Waals surface area contributed by atoms with Crippen LogP contribution in [0.2, 0.25) is 0 Å². The predicted molar refractivity (Wildman–Crippen MR) is 108 cm³/mol. The van der Waals surface area contributed by atoms with E-state index < -0.39 is 12.1 Å². The molecule has 0 amide bonds. The molecule has 0 aliphatic rings. The first kappa shape index (κ1) is 15.1. The van der Waals surface area contributed by atoms with Crippen LogP contribution in [0.15, 0.2) is 42.7 Å². The summed E-state index contributed by atoms with van der Waals surface area (Å²) in [6.07, 6.45) is 1.43. The van der Waals surface area contributed by atoms with Crippen LogP contribution in [-0.2, 0) is 19.1 Å². The van der Waals surface area contributed by atoms with E-state index in [1.54, 1.807) is 38.1 Å². The van der Waals surface area contributed by atoms with Crippen LogP contribution in [0.4, 0.5) is 5.82 Å². The first-order valence-electron chi connectivity index (χ1n) is 9.76. The third-order valence-electron chi connectivity index (χ3n) is 4.81. The molecule has 6 heteroatoms. The normalized spacial score (nSPS) is 13.7. The second-order valence-electron chi connectivity index (χ2n) is 7.17. The van der Waals surface area contributed by atoms with Crippen LogP contribution in [0.5, 0.6) is 0 Å². The highest BCUT2D eigenvalue weighted by atomic mass is 16.3. The van der Waals surface area contributed by atoms with Crippen LogP contribution in [0.1, 0.15) is 33.4 Å². The molecule has 0 saturated carbocycles. The molecule has 6 nitrogen and oxygen atoms in total. The number of aryl methyl sites for hydroxylation is 2. The monoisotopic (exact) mass is 363 g/mol.